The molecule has 0 unspecified atom stereocenters. The summed E-state index contributed by atoms with van der Waals surface area (Å²) < 4.78 is 10.3. The van der Waals surface area contributed by atoms with Crippen molar-refractivity contribution in [2.24, 2.45) is 5.92 Å². The zero-order valence-corrected chi connectivity index (χ0v) is 11.1. The fourth-order valence-corrected chi connectivity index (χ4v) is 2.17. The SMILES string of the molecule is COc1ccc(COC(=O)C2CCC(=O)CC2)cc1. The van der Waals surface area contributed by atoms with E-state index in [-0.39, 0.29) is 24.3 Å². The van der Waals surface area contributed by atoms with Gasteiger partial charge in [0.25, 0.3) is 0 Å². The number of hydrogen-bond donors (Lipinski definition) is 0. The highest BCUT2D eigenvalue weighted by Gasteiger charge is 2.25. The first-order valence-electron chi connectivity index (χ1n) is 6.50. The van der Waals surface area contributed by atoms with Crippen molar-refractivity contribution in [1.29, 1.82) is 0 Å². The van der Waals surface area contributed by atoms with E-state index < -0.39 is 0 Å². The van der Waals surface area contributed by atoms with Crippen LogP contribution in [-0.2, 0) is 20.9 Å². The number of carbonyl (C=O) groups is 2. The Bertz CT molecular complexity index is 440. The van der Waals surface area contributed by atoms with Crippen molar-refractivity contribution in [2.45, 2.75) is 32.3 Å². The van der Waals surface area contributed by atoms with Crippen molar-refractivity contribution < 1.29 is 19.1 Å². The van der Waals surface area contributed by atoms with Crippen LogP contribution in [0.1, 0.15) is 31.2 Å². The van der Waals surface area contributed by atoms with Gasteiger partial charge in [-0.15, -0.1) is 0 Å². The van der Waals surface area contributed by atoms with Crippen LogP contribution in [0.2, 0.25) is 0 Å². The molecule has 19 heavy (non-hydrogen) atoms. The second-order valence-corrected chi connectivity index (χ2v) is 4.77. The minimum atomic E-state index is -0.191. The molecule has 0 bridgehead atoms. The summed E-state index contributed by atoms with van der Waals surface area (Å²) in [6.07, 6.45) is 2.26. The molecule has 102 valence electrons. The van der Waals surface area contributed by atoms with Gasteiger partial charge in [-0.2, -0.15) is 0 Å². The lowest BCUT2D eigenvalue weighted by Crippen LogP contribution is -2.23. The molecular formula is C15H18O4. The zero-order chi connectivity index (χ0) is 13.7. The second kappa shape index (κ2) is 6.36. The van der Waals surface area contributed by atoms with Gasteiger partial charge in [-0.3, -0.25) is 9.59 Å². The molecule has 1 aromatic carbocycles. The predicted octanol–water partition coefficient (Wildman–Crippen LogP) is 2.50. The number of hydrogen-bond acceptors (Lipinski definition) is 4. The molecule has 0 heterocycles. The van der Waals surface area contributed by atoms with Crippen LogP contribution in [0.4, 0.5) is 0 Å². The molecule has 1 aliphatic carbocycles. The van der Waals surface area contributed by atoms with Crippen LogP contribution in [0.5, 0.6) is 5.75 Å². The van der Waals surface area contributed by atoms with Gasteiger partial charge in [-0.25, -0.2) is 0 Å². The van der Waals surface area contributed by atoms with Gasteiger partial charge in [0.15, 0.2) is 0 Å². The average molecular weight is 262 g/mol. The molecule has 1 fully saturated rings. The monoisotopic (exact) mass is 262 g/mol. The normalized spacial score (nSPS) is 16.2. The largest absolute Gasteiger partial charge is 0.497 e. The number of benzene rings is 1. The van der Waals surface area contributed by atoms with E-state index in [1.54, 1.807) is 7.11 Å². The zero-order valence-electron chi connectivity index (χ0n) is 11.1. The lowest BCUT2D eigenvalue weighted by atomic mass is 9.88. The summed E-state index contributed by atoms with van der Waals surface area (Å²) in [5.74, 6) is 0.722. The Morgan fingerprint density at radius 2 is 1.84 bits per heavy atom. The van der Waals surface area contributed by atoms with Gasteiger partial charge < -0.3 is 9.47 Å². The first-order chi connectivity index (χ1) is 9.19. The summed E-state index contributed by atoms with van der Waals surface area (Å²) in [5.41, 5.74) is 0.932. The maximum atomic E-state index is 11.8. The quantitative estimate of drug-likeness (QED) is 0.782. The molecule has 0 N–H and O–H groups in total. The lowest BCUT2D eigenvalue weighted by molar-refractivity contribution is -0.151. The summed E-state index contributed by atoms with van der Waals surface area (Å²) in [6.45, 7) is 0.271. The Morgan fingerprint density at radius 1 is 1.21 bits per heavy atom. The number of Topliss-reactive ketones (excluding diaryl/α,β-unsaturated/α-hetero) is 1. The first-order valence-corrected chi connectivity index (χ1v) is 6.50. The lowest BCUT2D eigenvalue weighted by Gasteiger charge is -2.19. The van der Waals surface area contributed by atoms with Crippen LogP contribution in [0.15, 0.2) is 24.3 Å². The highest BCUT2D eigenvalue weighted by atomic mass is 16.5. The van der Waals surface area contributed by atoms with E-state index in [4.69, 9.17) is 9.47 Å². The summed E-state index contributed by atoms with van der Waals surface area (Å²) in [6, 6.07) is 7.41. The molecule has 4 nitrogen and oxygen atoms in total. The van der Waals surface area contributed by atoms with E-state index in [9.17, 15) is 9.59 Å². The molecule has 0 aromatic heterocycles. The number of esters is 1. The van der Waals surface area contributed by atoms with Crippen molar-refractivity contribution in [3.05, 3.63) is 29.8 Å². The fourth-order valence-electron chi connectivity index (χ4n) is 2.17. The Kier molecular flexibility index (Phi) is 4.55. The van der Waals surface area contributed by atoms with E-state index in [1.807, 2.05) is 24.3 Å². The first kappa shape index (κ1) is 13.6. The molecule has 0 saturated heterocycles. The molecule has 4 heteroatoms. The molecule has 0 spiro atoms. The van der Waals surface area contributed by atoms with Gasteiger partial charge in [0.2, 0.25) is 0 Å². The van der Waals surface area contributed by atoms with Gasteiger partial charge in [-0.1, -0.05) is 12.1 Å². The highest BCUT2D eigenvalue weighted by Crippen LogP contribution is 2.23. The number of ketones is 1. The molecule has 0 radical (unpaired) electrons. The molecule has 0 atom stereocenters. The van der Waals surface area contributed by atoms with Crippen molar-refractivity contribution in [1.82, 2.24) is 0 Å². The Morgan fingerprint density at radius 3 is 2.42 bits per heavy atom. The van der Waals surface area contributed by atoms with E-state index in [1.165, 1.54) is 0 Å². The molecule has 0 aliphatic heterocycles. The van der Waals surface area contributed by atoms with Crippen molar-refractivity contribution in [2.75, 3.05) is 7.11 Å². The number of methoxy groups -OCH3 is 1. The summed E-state index contributed by atoms with van der Waals surface area (Å²) in [5, 5.41) is 0. The van der Waals surface area contributed by atoms with Crippen molar-refractivity contribution in [3.8, 4) is 5.75 Å². The topological polar surface area (TPSA) is 52.6 Å². The molecule has 2 rings (SSSR count). The fraction of sp³-hybridized carbons (Fsp3) is 0.467. The maximum Gasteiger partial charge on any atom is 0.309 e. The third-order valence-corrected chi connectivity index (χ3v) is 3.42. The molecular weight excluding hydrogens is 244 g/mol. The Hall–Kier alpha value is -1.84. The van der Waals surface area contributed by atoms with Crippen LogP contribution in [0.25, 0.3) is 0 Å². The van der Waals surface area contributed by atoms with E-state index in [0.717, 1.165) is 11.3 Å². The van der Waals surface area contributed by atoms with Gasteiger partial charge in [0.1, 0.15) is 18.1 Å². The average Bonchev–Trinajstić information content (AvgIpc) is 2.46. The Balaban J connectivity index is 1.80. The smallest absolute Gasteiger partial charge is 0.309 e. The highest BCUT2D eigenvalue weighted by molar-refractivity contribution is 5.82. The third-order valence-electron chi connectivity index (χ3n) is 3.42. The molecule has 1 saturated carbocycles. The molecule has 1 aliphatic rings. The molecule has 0 amide bonds. The number of rotatable bonds is 4. The number of carbonyl (C=O) groups excluding carboxylic acids is 2. The van der Waals surface area contributed by atoms with Crippen LogP contribution in [-0.4, -0.2) is 18.9 Å². The minimum Gasteiger partial charge on any atom is -0.497 e. The maximum absolute atomic E-state index is 11.8. The van der Waals surface area contributed by atoms with Crippen molar-refractivity contribution in [3.63, 3.8) is 0 Å². The third kappa shape index (κ3) is 3.81. The minimum absolute atomic E-state index is 0.115. The van der Waals surface area contributed by atoms with Gasteiger partial charge >= 0.3 is 5.97 Å². The van der Waals surface area contributed by atoms with Crippen LogP contribution >= 0.6 is 0 Å². The molecule has 1 aromatic rings. The van der Waals surface area contributed by atoms with Crippen LogP contribution in [0.3, 0.4) is 0 Å². The Labute approximate surface area is 112 Å². The van der Waals surface area contributed by atoms with E-state index in [2.05, 4.69) is 0 Å². The van der Waals surface area contributed by atoms with Gasteiger partial charge in [0, 0.05) is 12.8 Å². The van der Waals surface area contributed by atoms with Gasteiger partial charge in [0.05, 0.1) is 13.0 Å². The summed E-state index contributed by atoms with van der Waals surface area (Å²) in [7, 11) is 1.61. The summed E-state index contributed by atoms with van der Waals surface area (Å²) >= 11 is 0. The van der Waals surface area contributed by atoms with Gasteiger partial charge in [-0.05, 0) is 30.5 Å². The van der Waals surface area contributed by atoms with Crippen LogP contribution in [0, 0.1) is 5.92 Å². The van der Waals surface area contributed by atoms with E-state index >= 15 is 0 Å². The van der Waals surface area contributed by atoms with Crippen LogP contribution < -0.4 is 4.74 Å². The van der Waals surface area contributed by atoms with E-state index in [0.29, 0.717) is 25.7 Å². The summed E-state index contributed by atoms with van der Waals surface area (Å²) in [4.78, 5) is 22.9. The standard InChI is InChI=1S/C15H18O4/c1-18-14-8-2-11(3-9-14)10-19-15(17)12-4-6-13(16)7-5-12/h2-3,8-9,12H,4-7,10H2,1H3. The van der Waals surface area contributed by atoms with Crippen molar-refractivity contribution >= 4 is 11.8 Å². The second-order valence-electron chi connectivity index (χ2n) is 4.77. The predicted molar refractivity (Wildman–Crippen MR) is 69.8 cm³/mol. The number of ether oxygens (including phenoxy) is 2.